The summed E-state index contributed by atoms with van der Waals surface area (Å²) in [5.41, 5.74) is 6.00. The molecule has 1 N–H and O–H groups in total. The van der Waals surface area contributed by atoms with E-state index in [0.29, 0.717) is 11.5 Å². The highest BCUT2D eigenvalue weighted by atomic mass is 16.7. The first-order valence-corrected chi connectivity index (χ1v) is 14.7. The van der Waals surface area contributed by atoms with Crippen molar-refractivity contribution in [2.24, 2.45) is 0 Å². The summed E-state index contributed by atoms with van der Waals surface area (Å²) >= 11 is 0. The van der Waals surface area contributed by atoms with Gasteiger partial charge in [0.2, 0.25) is 0 Å². The molecule has 2 aliphatic rings. The molecule has 41 heavy (non-hydrogen) atoms. The molecule has 0 radical (unpaired) electrons. The molecule has 2 aromatic carbocycles. The number of nitrogens with zero attached hydrogens (tertiary/aromatic N) is 2. The summed E-state index contributed by atoms with van der Waals surface area (Å²) in [5, 5.41) is 4.11. The zero-order chi connectivity index (χ0) is 29.6. The highest BCUT2D eigenvalue weighted by Crippen LogP contribution is 2.47. The summed E-state index contributed by atoms with van der Waals surface area (Å²) < 4.78 is 0. The van der Waals surface area contributed by atoms with Crippen molar-refractivity contribution in [3.63, 3.8) is 0 Å². The van der Waals surface area contributed by atoms with Crippen LogP contribution in [0.3, 0.4) is 0 Å². The monoisotopic (exact) mass is 557 g/mol. The number of carbonyl (C=O) groups excluding carboxylic acids is 3. The van der Waals surface area contributed by atoms with Crippen LogP contribution in [0.2, 0.25) is 0 Å². The van der Waals surface area contributed by atoms with E-state index >= 15 is 0 Å². The molecule has 0 unspecified atom stereocenters. The maximum atomic E-state index is 12.3. The minimum atomic E-state index is -0.548. The number of nitrogens with one attached hydrogen (secondary N) is 1. The molecule has 0 aromatic heterocycles. The van der Waals surface area contributed by atoms with E-state index in [4.69, 9.17) is 4.84 Å². The Bertz CT molecular complexity index is 1320. The molecule has 1 saturated heterocycles. The molecule has 2 amide bonds. The first kappa shape index (κ1) is 30.1. The molecule has 0 bridgehead atoms. The molecule has 2 heterocycles. The minimum Gasteiger partial charge on any atom is -0.385 e. The third kappa shape index (κ3) is 6.72. The Morgan fingerprint density at radius 3 is 2.44 bits per heavy atom. The standard InChI is InChI=1S/C34H43N3O4/c1-6-35-27-17-9-7-15-25(27)33(2,3)23-13-11-19-29-34(4,5)26-16-8-10-18-28(26)36(29)24-14-12-20-32(40)41-37-30(38)21-22-31(37)39/h7-11,13,15-19,35H,6,12,14,20-24H2,1-5H3/b13-11+,29-19+. The topological polar surface area (TPSA) is 79.0 Å². The van der Waals surface area contributed by atoms with E-state index in [1.165, 1.54) is 28.2 Å². The third-order valence-electron chi connectivity index (χ3n) is 8.05. The number of para-hydroxylation sites is 2. The zero-order valence-electron chi connectivity index (χ0n) is 25.0. The number of unbranched alkanes of at least 4 members (excludes halogenated alkanes) is 1. The van der Waals surface area contributed by atoms with Crippen LogP contribution in [0.15, 0.2) is 72.5 Å². The van der Waals surface area contributed by atoms with Gasteiger partial charge < -0.3 is 15.1 Å². The molecule has 0 spiro atoms. The van der Waals surface area contributed by atoms with Gasteiger partial charge in [-0.25, -0.2) is 4.79 Å². The Labute approximate surface area is 244 Å². The smallest absolute Gasteiger partial charge is 0.333 e. The number of hydrogen-bond acceptors (Lipinski definition) is 6. The maximum absolute atomic E-state index is 12.3. The Morgan fingerprint density at radius 2 is 1.71 bits per heavy atom. The van der Waals surface area contributed by atoms with E-state index in [1.54, 1.807) is 0 Å². The molecule has 0 aliphatic carbocycles. The molecule has 4 rings (SSSR count). The molecule has 2 aromatic rings. The molecular formula is C34H43N3O4. The second kappa shape index (κ2) is 12.8. The van der Waals surface area contributed by atoms with Crippen LogP contribution in [0.5, 0.6) is 0 Å². The van der Waals surface area contributed by atoms with Gasteiger partial charge in [0.15, 0.2) is 0 Å². The van der Waals surface area contributed by atoms with Crippen molar-refractivity contribution >= 4 is 29.2 Å². The van der Waals surface area contributed by atoms with Crippen LogP contribution >= 0.6 is 0 Å². The zero-order valence-corrected chi connectivity index (χ0v) is 25.0. The lowest BCUT2D eigenvalue weighted by atomic mass is 9.80. The molecule has 0 atom stereocenters. The van der Waals surface area contributed by atoms with E-state index in [-0.39, 0.29) is 30.1 Å². The number of amides is 2. The molecule has 2 aliphatic heterocycles. The summed E-state index contributed by atoms with van der Waals surface area (Å²) in [4.78, 5) is 43.1. The van der Waals surface area contributed by atoms with E-state index in [9.17, 15) is 14.4 Å². The number of carbonyl (C=O) groups is 3. The lowest BCUT2D eigenvalue weighted by Crippen LogP contribution is -2.32. The summed E-state index contributed by atoms with van der Waals surface area (Å²) in [6, 6.07) is 17.0. The average Bonchev–Trinajstić information content (AvgIpc) is 3.37. The van der Waals surface area contributed by atoms with Gasteiger partial charge in [-0.3, -0.25) is 9.59 Å². The number of hydrogen-bond donors (Lipinski definition) is 1. The van der Waals surface area contributed by atoms with Gasteiger partial charge in [0.1, 0.15) is 0 Å². The van der Waals surface area contributed by atoms with Gasteiger partial charge in [0.05, 0.1) is 0 Å². The van der Waals surface area contributed by atoms with Crippen molar-refractivity contribution in [1.82, 2.24) is 5.06 Å². The van der Waals surface area contributed by atoms with Gasteiger partial charge in [-0.05, 0) is 60.9 Å². The Morgan fingerprint density at radius 1 is 1.02 bits per heavy atom. The van der Waals surface area contributed by atoms with Crippen molar-refractivity contribution in [2.45, 2.75) is 84.0 Å². The predicted octanol–water partition coefficient (Wildman–Crippen LogP) is 6.80. The van der Waals surface area contributed by atoms with Crippen LogP contribution < -0.4 is 10.2 Å². The molecule has 218 valence electrons. The number of hydroxylamine groups is 2. The number of anilines is 2. The fourth-order valence-corrected chi connectivity index (χ4v) is 5.78. The number of imide groups is 1. The van der Waals surface area contributed by atoms with E-state index in [1.807, 2.05) is 0 Å². The van der Waals surface area contributed by atoms with Crippen molar-refractivity contribution in [2.75, 3.05) is 23.3 Å². The minimum absolute atomic E-state index is 0.0273. The van der Waals surface area contributed by atoms with E-state index in [2.05, 4.69) is 112 Å². The van der Waals surface area contributed by atoms with Gasteiger partial charge in [0, 0.05) is 54.8 Å². The van der Waals surface area contributed by atoms with Gasteiger partial charge in [-0.2, -0.15) is 0 Å². The van der Waals surface area contributed by atoms with Crippen molar-refractivity contribution in [1.29, 1.82) is 0 Å². The summed E-state index contributed by atoms with van der Waals surface area (Å²) in [7, 11) is 0. The van der Waals surface area contributed by atoms with Gasteiger partial charge in [-0.1, -0.05) is 76.2 Å². The van der Waals surface area contributed by atoms with Crippen LogP contribution in [0.4, 0.5) is 11.4 Å². The highest BCUT2D eigenvalue weighted by Gasteiger charge is 2.39. The average molecular weight is 558 g/mol. The first-order valence-electron chi connectivity index (χ1n) is 14.7. The van der Waals surface area contributed by atoms with Crippen LogP contribution in [-0.2, 0) is 30.1 Å². The fourth-order valence-electron chi connectivity index (χ4n) is 5.78. The lowest BCUT2D eigenvalue weighted by molar-refractivity contribution is -0.197. The SMILES string of the molecule is CCNc1ccccc1C(C)(C)C/C=C/C=C1/N(CCCCC(=O)ON2C(=O)CCC2=O)c2ccccc2C1(C)C. The van der Waals surface area contributed by atoms with Crippen molar-refractivity contribution in [3.05, 3.63) is 83.6 Å². The lowest BCUT2D eigenvalue weighted by Gasteiger charge is -2.28. The second-order valence-corrected chi connectivity index (χ2v) is 11.9. The van der Waals surface area contributed by atoms with Crippen LogP contribution in [0, 0.1) is 0 Å². The third-order valence-corrected chi connectivity index (χ3v) is 8.05. The summed E-state index contributed by atoms with van der Waals surface area (Å²) in [5.74, 6) is -1.45. The van der Waals surface area contributed by atoms with E-state index in [0.717, 1.165) is 25.9 Å². The fraction of sp³-hybridized carbons (Fsp3) is 0.441. The maximum Gasteiger partial charge on any atom is 0.333 e. The number of benzene rings is 2. The van der Waals surface area contributed by atoms with Crippen LogP contribution in [0.1, 0.15) is 84.3 Å². The Kier molecular flexibility index (Phi) is 9.36. The Balaban J connectivity index is 1.42. The van der Waals surface area contributed by atoms with Crippen molar-refractivity contribution in [3.8, 4) is 0 Å². The van der Waals surface area contributed by atoms with Gasteiger partial charge >= 0.3 is 5.97 Å². The molecule has 0 saturated carbocycles. The van der Waals surface area contributed by atoms with E-state index < -0.39 is 17.8 Å². The Hall–Kier alpha value is -3.87. The summed E-state index contributed by atoms with van der Waals surface area (Å²) in [6.07, 6.45) is 9.26. The predicted molar refractivity (Wildman–Crippen MR) is 163 cm³/mol. The quantitative estimate of drug-likeness (QED) is 0.228. The van der Waals surface area contributed by atoms with Crippen molar-refractivity contribution < 1.29 is 19.2 Å². The first-order chi connectivity index (χ1) is 19.6. The molecule has 7 heteroatoms. The number of fused-ring (bicyclic) bond motifs is 1. The summed E-state index contributed by atoms with van der Waals surface area (Å²) in [6.45, 7) is 12.8. The van der Waals surface area contributed by atoms with Gasteiger partial charge in [-0.15, -0.1) is 5.06 Å². The molecule has 7 nitrogen and oxygen atoms in total. The molecule has 1 fully saturated rings. The number of rotatable bonds is 12. The largest absolute Gasteiger partial charge is 0.385 e. The van der Waals surface area contributed by atoms with Crippen LogP contribution in [-0.4, -0.2) is 35.9 Å². The van der Waals surface area contributed by atoms with Crippen LogP contribution in [0.25, 0.3) is 0 Å². The highest BCUT2D eigenvalue weighted by molar-refractivity contribution is 6.01. The molecular weight excluding hydrogens is 514 g/mol. The van der Waals surface area contributed by atoms with Gasteiger partial charge in [0.25, 0.3) is 11.8 Å². The normalized spacial score (nSPS) is 17.5. The number of allylic oxidation sites excluding steroid dienone is 4. The second-order valence-electron chi connectivity index (χ2n) is 11.9.